The van der Waals surface area contributed by atoms with Crippen molar-refractivity contribution < 1.29 is 4.79 Å². The molecule has 1 aromatic carbocycles. The van der Waals surface area contributed by atoms with Gasteiger partial charge in [0, 0.05) is 15.3 Å². The fourth-order valence-electron chi connectivity index (χ4n) is 0.761. The minimum Gasteiger partial charge on any atom is -0.296 e. The van der Waals surface area contributed by atoms with Crippen molar-refractivity contribution in [1.29, 1.82) is 0 Å². The number of hydrogen-bond donors (Lipinski definition) is 1. The van der Waals surface area contributed by atoms with Crippen molar-refractivity contribution in [3.05, 3.63) is 29.3 Å². The lowest BCUT2D eigenvalue weighted by molar-refractivity contribution is -0.126. The average Bonchev–Trinajstić information content (AvgIpc) is 2.15. The van der Waals surface area contributed by atoms with Crippen molar-refractivity contribution in [3.8, 4) is 0 Å². The molecule has 0 spiro atoms. The van der Waals surface area contributed by atoms with Crippen LogP contribution in [0.1, 0.15) is 20.8 Å². The van der Waals surface area contributed by atoms with Crippen LogP contribution in [0.4, 0.5) is 0 Å². The molecule has 0 aromatic heterocycles. The van der Waals surface area contributed by atoms with Gasteiger partial charge in [-0.25, -0.2) is 0 Å². The van der Waals surface area contributed by atoms with E-state index in [2.05, 4.69) is 4.72 Å². The Kier molecular flexibility index (Phi) is 4.05. The standard InChI is InChI=1S/C11H14ClNOS/c1-11(2,3)10(14)13-15-9-6-4-8(12)5-7-9/h4-7H,1-3H3,(H,13,14). The van der Waals surface area contributed by atoms with E-state index >= 15 is 0 Å². The SMILES string of the molecule is CC(C)(C)C(=O)NSc1ccc(Cl)cc1. The predicted octanol–water partition coefficient (Wildman–Crippen LogP) is 3.51. The third-order valence-electron chi connectivity index (χ3n) is 1.76. The minimum absolute atomic E-state index is 0.0162. The molecular formula is C11H14ClNOS. The molecule has 0 saturated carbocycles. The van der Waals surface area contributed by atoms with Crippen molar-refractivity contribution in [2.45, 2.75) is 25.7 Å². The van der Waals surface area contributed by atoms with E-state index < -0.39 is 0 Å². The number of benzene rings is 1. The highest BCUT2D eigenvalue weighted by Crippen LogP contribution is 2.20. The van der Waals surface area contributed by atoms with Gasteiger partial charge < -0.3 is 0 Å². The van der Waals surface area contributed by atoms with Crippen LogP contribution in [0.3, 0.4) is 0 Å². The van der Waals surface area contributed by atoms with Crippen molar-refractivity contribution in [2.24, 2.45) is 5.41 Å². The maximum atomic E-state index is 11.5. The molecular weight excluding hydrogens is 230 g/mol. The molecule has 0 aliphatic carbocycles. The van der Waals surface area contributed by atoms with Crippen LogP contribution in [0.25, 0.3) is 0 Å². The smallest absolute Gasteiger partial charge is 0.235 e. The van der Waals surface area contributed by atoms with Crippen LogP contribution < -0.4 is 4.72 Å². The summed E-state index contributed by atoms with van der Waals surface area (Å²) in [4.78, 5) is 12.5. The lowest BCUT2D eigenvalue weighted by atomic mass is 9.96. The third kappa shape index (κ3) is 4.14. The van der Waals surface area contributed by atoms with Crippen molar-refractivity contribution in [1.82, 2.24) is 4.72 Å². The van der Waals surface area contributed by atoms with E-state index in [4.69, 9.17) is 11.6 Å². The molecule has 0 aliphatic rings. The first-order chi connectivity index (χ1) is 6.89. The Morgan fingerprint density at radius 3 is 2.27 bits per heavy atom. The quantitative estimate of drug-likeness (QED) is 0.806. The molecule has 2 nitrogen and oxygen atoms in total. The lowest BCUT2D eigenvalue weighted by Gasteiger charge is -2.16. The van der Waals surface area contributed by atoms with Gasteiger partial charge in [0.2, 0.25) is 5.91 Å². The van der Waals surface area contributed by atoms with Crippen LogP contribution >= 0.6 is 23.5 Å². The summed E-state index contributed by atoms with van der Waals surface area (Å²) in [5, 5.41) is 0.696. The van der Waals surface area contributed by atoms with Gasteiger partial charge in [-0.2, -0.15) is 0 Å². The molecule has 1 aromatic rings. The van der Waals surface area contributed by atoms with E-state index in [9.17, 15) is 4.79 Å². The van der Waals surface area contributed by atoms with Crippen molar-refractivity contribution in [3.63, 3.8) is 0 Å². The maximum absolute atomic E-state index is 11.5. The van der Waals surface area contributed by atoms with Crippen LogP contribution in [0.5, 0.6) is 0 Å². The van der Waals surface area contributed by atoms with E-state index in [0.717, 1.165) is 4.90 Å². The fraction of sp³-hybridized carbons (Fsp3) is 0.364. The van der Waals surface area contributed by atoms with Gasteiger partial charge >= 0.3 is 0 Å². The van der Waals surface area contributed by atoms with Gasteiger partial charge in [-0.05, 0) is 36.2 Å². The zero-order chi connectivity index (χ0) is 11.5. The number of halogens is 1. The van der Waals surface area contributed by atoms with E-state index in [-0.39, 0.29) is 11.3 Å². The zero-order valence-corrected chi connectivity index (χ0v) is 10.6. The summed E-state index contributed by atoms with van der Waals surface area (Å²) in [5.41, 5.74) is -0.362. The molecule has 1 N–H and O–H groups in total. The highest BCUT2D eigenvalue weighted by atomic mass is 35.5. The summed E-state index contributed by atoms with van der Waals surface area (Å²) in [5.74, 6) is 0.0162. The second kappa shape index (κ2) is 4.90. The average molecular weight is 244 g/mol. The molecule has 1 amide bonds. The van der Waals surface area contributed by atoms with Gasteiger partial charge in [-0.1, -0.05) is 32.4 Å². The highest BCUT2D eigenvalue weighted by Gasteiger charge is 2.20. The second-order valence-corrected chi connectivity index (χ2v) is 5.55. The van der Waals surface area contributed by atoms with Crippen LogP contribution in [0, 0.1) is 5.41 Å². The number of amides is 1. The molecule has 0 fully saturated rings. The first-order valence-corrected chi connectivity index (χ1v) is 5.82. The van der Waals surface area contributed by atoms with Gasteiger partial charge in [0.1, 0.15) is 0 Å². The van der Waals surface area contributed by atoms with Crippen molar-refractivity contribution in [2.75, 3.05) is 0 Å². The summed E-state index contributed by atoms with van der Waals surface area (Å²) in [6, 6.07) is 7.34. The van der Waals surface area contributed by atoms with Crippen molar-refractivity contribution >= 4 is 29.5 Å². The van der Waals surface area contributed by atoms with Crippen LogP contribution in [-0.2, 0) is 4.79 Å². The molecule has 0 aliphatic heterocycles. The number of rotatable bonds is 2. The molecule has 0 atom stereocenters. The molecule has 4 heteroatoms. The topological polar surface area (TPSA) is 29.1 Å². The van der Waals surface area contributed by atoms with Gasteiger partial charge in [-0.3, -0.25) is 9.52 Å². The Morgan fingerprint density at radius 1 is 1.27 bits per heavy atom. The summed E-state index contributed by atoms with van der Waals surface area (Å²) < 4.78 is 2.79. The molecule has 0 radical (unpaired) electrons. The summed E-state index contributed by atoms with van der Waals surface area (Å²) in [6.45, 7) is 5.64. The second-order valence-electron chi connectivity index (χ2n) is 4.24. The van der Waals surface area contributed by atoms with Crippen LogP contribution in [0.2, 0.25) is 5.02 Å². The Bertz CT molecular complexity index is 343. The molecule has 0 bridgehead atoms. The molecule has 0 saturated heterocycles. The van der Waals surface area contributed by atoms with Crippen LogP contribution in [0.15, 0.2) is 29.2 Å². The Labute approximate surface area is 99.5 Å². The number of carbonyl (C=O) groups is 1. The van der Waals surface area contributed by atoms with E-state index in [1.807, 2.05) is 32.9 Å². The molecule has 1 rings (SSSR count). The molecule has 0 heterocycles. The molecule has 15 heavy (non-hydrogen) atoms. The minimum atomic E-state index is -0.362. The lowest BCUT2D eigenvalue weighted by Crippen LogP contribution is -2.30. The molecule has 82 valence electrons. The van der Waals surface area contributed by atoms with E-state index in [1.165, 1.54) is 11.9 Å². The third-order valence-corrected chi connectivity index (χ3v) is 2.80. The summed E-state index contributed by atoms with van der Waals surface area (Å²) in [6.07, 6.45) is 0. The summed E-state index contributed by atoms with van der Waals surface area (Å²) >= 11 is 7.06. The van der Waals surface area contributed by atoms with Gasteiger partial charge in [-0.15, -0.1) is 0 Å². The number of nitrogens with one attached hydrogen (secondary N) is 1. The van der Waals surface area contributed by atoms with E-state index in [0.29, 0.717) is 5.02 Å². The predicted molar refractivity (Wildman–Crippen MR) is 64.9 cm³/mol. The fourth-order valence-corrected chi connectivity index (χ4v) is 1.68. The number of carbonyl (C=O) groups excluding carboxylic acids is 1. The Hall–Kier alpha value is -0.670. The Morgan fingerprint density at radius 2 is 1.80 bits per heavy atom. The van der Waals surface area contributed by atoms with Gasteiger partial charge in [0.15, 0.2) is 0 Å². The van der Waals surface area contributed by atoms with E-state index in [1.54, 1.807) is 12.1 Å². The monoisotopic (exact) mass is 243 g/mol. The van der Waals surface area contributed by atoms with Gasteiger partial charge in [0.25, 0.3) is 0 Å². The first-order valence-electron chi connectivity index (χ1n) is 4.62. The summed E-state index contributed by atoms with van der Waals surface area (Å²) in [7, 11) is 0. The normalized spacial score (nSPS) is 11.2. The largest absolute Gasteiger partial charge is 0.296 e. The molecule has 0 unspecified atom stereocenters. The zero-order valence-electron chi connectivity index (χ0n) is 9.00. The van der Waals surface area contributed by atoms with Crippen LogP contribution in [-0.4, -0.2) is 5.91 Å². The van der Waals surface area contributed by atoms with Gasteiger partial charge in [0.05, 0.1) is 0 Å². The first kappa shape index (κ1) is 12.4. The Balaban J connectivity index is 2.51. The highest BCUT2D eigenvalue weighted by molar-refractivity contribution is 7.98. The number of hydrogen-bond acceptors (Lipinski definition) is 2. The maximum Gasteiger partial charge on any atom is 0.235 e.